The van der Waals surface area contributed by atoms with Crippen molar-refractivity contribution < 1.29 is 23.1 Å². The summed E-state index contributed by atoms with van der Waals surface area (Å²) in [6.07, 6.45) is 1.02. The first kappa shape index (κ1) is 18.6. The Morgan fingerprint density at radius 1 is 1.27 bits per heavy atom. The number of carbonyl (C=O) groups is 2. The number of carboxylic acid groups (broad SMARTS) is 1. The van der Waals surface area contributed by atoms with Crippen LogP contribution in [0.1, 0.15) is 28.1 Å². The predicted molar refractivity (Wildman–Crippen MR) is 98.0 cm³/mol. The Morgan fingerprint density at radius 2 is 2.04 bits per heavy atom. The second kappa shape index (κ2) is 7.18. The molecular weight excluding hydrogens is 376 g/mol. The van der Waals surface area contributed by atoms with Gasteiger partial charge in [0.2, 0.25) is 5.91 Å². The molecule has 1 fully saturated rings. The van der Waals surface area contributed by atoms with Crippen molar-refractivity contribution in [2.24, 2.45) is 0 Å². The van der Waals surface area contributed by atoms with Gasteiger partial charge in [-0.1, -0.05) is 6.07 Å². The first-order valence-corrected chi connectivity index (χ1v) is 10.3. The lowest BCUT2D eigenvalue weighted by Crippen LogP contribution is -2.42. The number of benzene rings is 1. The number of aryl methyl sites for hydroxylation is 1. The van der Waals surface area contributed by atoms with E-state index in [0.717, 1.165) is 4.88 Å². The van der Waals surface area contributed by atoms with Gasteiger partial charge in [-0.2, -0.15) is 4.31 Å². The average Bonchev–Trinajstić information content (AvgIpc) is 3.24. The van der Waals surface area contributed by atoms with Crippen molar-refractivity contribution >= 4 is 38.9 Å². The molecule has 1 amide bonds. The van der Waals surface area contributed by atoms with Crippen molar-refractivity contribution in [1.82, 2.24) is 4.31 Å². The number of hydrogen-bond acceptors (Lipinski definition) is 5. The Hall–Kier alpha value is -2.23. The van der Waals surface area contributed by atoms with Crippen LogP contribution in [0.5, 0.6) is 0 Å². The molecule has 1 aromatic carbocycles. The molecule has 0 bridgehead atoms. The number of hydrogen-bond donors (Lipinski definition) is 2. The molecule has 1 atom stereocenters. The first-order chi connectivity index (χ1) is 12.3. The number of nitrogens with zero attached hydrogens (tertiary/aromatic N) is 1. The van der Waals surface area contributed by atoms with E-state index in [1.165, 1.54) is 33.8 Å². The molecule has 1 aliphatic rings. The number of thiophene rings is 1. The second-order valence-corrected chi connectivity index (χ2v) is 9.42. The topological polar surface area (TPSA) is 104 Å². The van der Waals surface area contributed by atoms with Gasteiger partial charge in [0, 0.05) is 17.1 Å². The van der Waals surface area contributed by atoms with E-state index in [2.05, 4.69) is 5.32 Å². The van der Waals surface area contributed by atoms with Gasteiger partial charge >= 0.3 is 5.97 Å². The van der Waals surface area contributed by atoms with Gasteiger partial charge in [0.1, 0.15) is 10.3 Å². The van der Waals surface area contributed by atoms with Crippen LogP contribution >= 0.6 is 11.3 Å². The highest BCUT2D eigenvalue weighted by atomic mass is 32.2. The number of sulfonamides is 1. The Labute approximate surface area is 155 Å². The van der Waals surface area contributed by atoms with Gasteiger partial charge in [-0.25, -0.2) is 13.2 Å². The van der Waals surface area contributed by atoms with Crippen molar-refractivity contribution in [3.63, 3.8) is 0 Å². The van der Waals surface area contributed by atoms with Gasteiger partial charge in [-0.3, -0.25) is 4.79 Å². The predicted octanol–water partition coefficient (Wildman–Crippen LogP) is 2.55. The number of rotatable bonds is 5. The fraction of sp³-hybridized carbons (Fsp3) is 0.294. The van der Waals surface area contributed by atoms with Gasteiger partial charge in [0.25, 0.3) is 10.0 Å². The van der Waals surface area contributed by atoms with E-state index in [1.54, 1.807) is 18.2 Å². The van der Waals surface area contributed by atoms with Crippen LogP contribution in [-0.4, -0.2) is 42.3 Å². The van der Waals surface area contributed by atoms with Crippen LogP contribution in [0.4, 0.5) is 5.69 Å². The fourth-order valence-electron chi connectivity index (χ4n) is 2.91. The summed E-state index contributed by atoms with van der Waals surface area (Å²) in [5, 5.41) is 11.7. The summed E-state index contributed by atoms with van der Waals surface area (Å²) in [5.74, 6) is -1.55. The summed E-state index contributed by atoms with van der Waals surface area (Å²) >= 11 is 1.18. The molecule has 26 heavy (non-hydrogen) atoms. The lowest BCUT2D eigenvalue weighted by atomic mass is 10.2. The third-order valence-electron chi connectivity index (χ3n) is 4.16. The van der Waals surface area contributed by atoms with E-state index >= 15 is 0 Å². The molecule has 1 unspecified atom stereocenters. The van der Waals surface area contributed by atoms with Crippen LogP contribution in [-0.2, 0) is 14.8 Å². The zero-order valence-corrected chi connectivity index (χ0v) is 15.6. The molecule has 2 N–H and O–H groups in total. The van der Waals surface area contributed by atoms with Crippen molar-refractivity contribution in [2.45, 2.75) is 30.0 Å². The molecule has 2 heterocycles. The standard InChI is InChI=1S/C17H18N2O5S2/c1-11-7-8-15(25-11)26(23,24)19-9-3-6-14(19)16(20)18-13-5-2-4-12(10-13)17(21)22/h2,4-5,7-8,10,14H,3,6,9H2,1H3,(H,18,20)(H,21,22). The molecule has 0 radical (unpaired) electrons. The van der Waals surface area contributed by atoms with Crippen LogP contribution in [0.15, 0.2) is 40.6 Å². The summed E-state index contributed by atoms with van der Waals surface area (Å²) in [7, 11) is -3.73. The highest BCUT2D eigenvalue weighted by Gasteiger charge is 2.40. The van der Waals surface area contributed by atoms with Gasteiger partial charge < -0.3 is 10.4 Å². The molecule has 7 nitrogen and oxygen atoms in total. The summed E-state index contributed by atoms with van der Waals surface area (Å²) in [6, 6.07) is 8.34. The van der Waals surface area contributed by atoms with Crippen molar-refractivity contribution in [3.8, 4) is 0 Å². The molecule has 1 aromatic heterocycles. The molecule has 9 heteroatoms. The van der Waals surface area contributed by atoms with E-state index in [9.17, 15) is 18.0 Å². The largest absolute Gasteiger partial charge is 0.478 e. The Morgan fingerprint density at radius 3 is 2.69 bits per heavy atom. The van der Waals surface area contributed by atoms with Crippen LogP contribution in [0.25, 0.3) is 0 Å². The third-order valence-corrected chi connectivity index (χ3v) is 7.54. The van der Waals surface area contributed by atoms with E-state index < -0.39 is 27.9 Å². The summed E-state index contributed by atoms with van der Waals surface area (Å²) in [5.41, 5.74) is 0.374. The minimum atomic E-state index is -3.73. The summed E-state index contributed by atoms with van der Waals surface area (Å²) in [6.45, 7) is 2.11. The molecule has 2 aromatic rings. The number of anilines is 1. The maximum Gasteiger partial charge on any atom is 0.335 e. The Bertz CT molecular complexity index is 952. The monoisotopic (exact) mass is 394 g/mol. The summed E-state index contributed by atoms with van der Waals surface area (Å²) in [4.78, 5) is 24.6. The number of nitrogens with one attached hydrogen (secondary N) is 1. The number of aromatic carboxylic acids is 1. The van der Waals surface area contributed by atoms with Gasteiger partial charge in [-0.05, 0) is 50.1 Å². The van der Waals surface area contributed by atoms with Gasteiger partial charge in [0.05, 0.1) is 5.56 Å². The SMILES string of the molecule is Cc1ccc(S(=O)(=O)N2CCCC2C(=O)Nc2cccc(C(=O)O)c2)s1. The van der Waals surface area contributed by atoms with E-state index in [1.807, 2.05) is 6.92 Å². The molecule has 0 saturated carbocycles. The Balaban J connectivity index is 1.80. The molecule has 1 aliphatic heterocycles. The lowest BCUT2D eigenvalue weighted by molar-refractivity contribution is -0.119. The Kier molecular flexibility index (Phi) is 5.12. The molecule has 1 saturated heterocycles. The average molecular weight is 394 g/mol. The maximum atomic E-state index is 12.8. The number of carbonyl (C=O) groups excluding carboxylic acids is 1. The quantitative estimate of drug-likeness (QED) is 0.811. The van der Waals surface area contributed by atoms with E-state index in [0.29, 0.717) is 18.5 Å². The molecule has 0 spiro atoms. The maximum absolute atomic E-state index is 12.8. The number of carboxylic acids is 1. The van der Waals surface area contributed by atoms with E-state index in [4.69, 9.17) is 5.11 Å². The zero-order valence-electron chi connectivity index (χ0n) is 14.0. The van der Waals surface area contributed by atoms with Gasteiger partial charge in [0.15, 0.2) is 0 Å². The van der Waals surface area contributed by atoms with Crippen LogP contribution < -0.4 is 5.32 Å². The van der Waals surface area contributed by atoms with Crippen molar-refractivity contribution in [2.75, 3.05) is 11.9 Å². The highest BCUT2D eigenvalue weighted by molar-refractivity contribution is 7.91. The van der Waals surface area contributed by atoms with Gasteiger partial charge in [-0.15, -0.1) is 11.3 Å². The van der Waals surface area contributed by atoms with Crippen LogP contribution in [0, 0.1) is 6.92 Å². The third kappa shape index (κ3) is 3.64. The summed E-state index contributed by atoms with van der Waals surface area (Å²) < 4.78 is 27.1. The molecule has 138 valence electrons. The zero-order chi connectivity index (χ0) is 18.9. The normalized spacial score (nSPS) is 18.0. The van der Waals surface area contributed by atoms with Crippen molar-refractivity contribution in [3.05, 3.63) is 46.8 Å². The fourth-order valence-corrected chi connectivity index (χ4v) is 5.98. The number of amides is 1. The lowest BCUT2D eigenvalue weighted by Gasteiger charge is -2.22. The smallest absolute Gasteiger partial charge is 0.335 e. The van der Waals surface area contributed by atoms with Crippen LogP contribution in [0.3, 0.4) is 0 Å². The molecule has 3 rings (SSSR count). The first-order valence-electron chi connectivity index (χ1n) is 8.01. The second-order valence-electron chi connectivity index (χ2n) is 6.01. The minimum absolute atomic E-state index is 0.0489. The van der Waals surface area contributed by atoms with Crippen LogP contribution in [0.2, 0.25) is 0 Å². The van der Waals surface area contributed by atoms with Crippen molar-refractivity contribution in [1.29, 1.82) is 0 Å². The highest BCUT2D eigenvalue weighted by Crippen LogP contribution is 2.30. The minimum Gasteiger partial charge on any atom is -0.478 e. The molecular formula is C17H18N2O5S2. The van der Waals surface area contributed by atoms with E-state index in [-0.39, 0.29) is 16.3 Å². The molecule has 0 aliphatic carbocycles.